The highest BCUT2D eigenvalue weighted by atomic mass is 15.2. The molecule has 3 nitrogen and oxygen atoms in total. The Kier molecular flexibility index (Phi) is 3.89. The number of hydrogen-bond acceptors (Lipinski definition) is 2. The van der Waals surface area contributed by atoms with Gasteiger partial charge in [-0.1, -0.05) is 25.5 Å². The second-order valence-electron chi connectivity index (χ2n) is 3.42. The van der Waals surface area contributed by atoms with E-state index in [1.165, 1.54) is 11.1 Å². The molecule has 0 fully saturated rings. The van der Waals surface area contributed by atoms with E-state index in [1.54, 1.807) is 0 Å². The monoisotopic (exact) mass is 193 g/mol. The molecule has 0 aliphatic carbocycles. The van der Waals surface area contributed by atoms with Crippen molar-refractivity contribution >= 4 is 6.08 Å². The zero-order chi connectivity index (χ0) is 10.6. The third kappa shape index (κ3) is 2.45. The molecule has 0 atom stereocenters. The van der Waals surface area contributed by atoms with Crippen LogP contribution >= 0.6 is 0 Å². The highest BCUT2D eigenvalue weighted by molar-refractivity contribution is 5.54. The first-order valence-electron chi connectivity index (χ1n) is 5.13. The second-order valence-corrected chi connectivity index (χ2v) is 3.42. The normalized spacial score (nSPS) is 12.1. The quantitative estimate of drug-likeness (QED) is 0.791. The Morgan fingerprint density at radius 1 is 1.57 bits per heavy atom. The molecule has 1 rings (SSSR count). The van der Waals surface area contributed by atoms with Crippen LogP contribution in [0.15, 0.2) is 11.8 Å². The van der Waals surface area contributed by atoms with Gasteiger partial charge in [0.05, 0.1) is 5.69 Å². The summed E-state index contributed by atoms with van der Waals surface area (Å²) in [5.41, 5.74) is 9.26. The van der Waals surface area contributed by atoms with E-state index in [-0.39, 0.29) is 0 Å². The smallest absolute Gasteiger partial charge is 0.0694 e. The van der Waals surface area contributed by atoms with Gasteiger partial charge in [0.1, 0.15) is 0 Å². The fourth-order valence-corrected chi connectivity index (χ4v) is 1.47. The van der Waals surface area contributed by atoms with Gasteiger partial charge in [-0.05, 0) is 12.8 Å². The zero-order valence-corrected chi connectivity index (χ0v) is 9.25. The number of nitrogens with zero attached hydrogens (tertiary/aromatic N) is 2. The fourth-order valence-electron chi connectivity index (χ4n) is 1.47. The van der Waals surface area contributed by atoms with Gasteiger partial charge < -0.3 is 5.73 Å². The molecular formula is C11H19N3. The van der Waals surface area contributed by atoms with Crippen LogP contribution in [0.3, 0.4) is 0 Å². The molecule has 1 aromatic rings. The van der Waals surface area contributed by atoms with Crippen molar-refractivity contribution in [3.8, 4) is 0 Å². The minimum absolute atomic E-state index is 0.633. The van der Waals surface area contributed by atoms with E-state index in [1.807, 2.05) is 17.9 Å². The number of aryl methyl sites for hydroxylation is 2. The van der Waals surface area contributed by atoms with Crippen LogP contribution in [0.1, 0.15) is 31.5 Å². The van der Waals surface area contributed by atoms with Gasteiger partial charge in [0.25, 0.3) is 0 Å². The minimum atomic E-state index is 0.633. The SMILES string of the molecule is CCC(=Cc1cn(C)nc1CC)CN. The lowest BCUT2D eigenvalue weighted by Crippen LogP contribution is -2.01. The summed E-state index contributed by atoms with van der Waals surface area (Å²) in [5.74, 6) is 0. The lowest BCUT2D eigenvalue weighted by molar-refractivity contribution is 0.746. The maximum absolute atomic E-state index is 5.63. The van der Waals surface area contributed by atoms with Crippen molar-refractivity contribution in [3.63, 3.8) is 0 Å². The van der Waals surface area contributed by atoms with Crippen molar-refractivity contribution in [1.29, 1.82) is 0 Å². The summed E-state index contributed by atoms with van der Waals surface area (Å²) in [7, 11) is 1.95. The lowest BCUT2D eigenvalue weighted by Gasteiger charge is -1.99. The summed E-state index contributed by atoms with van der Waals surface area (Å²) in [5, 5.41) is 4.38. The van der Waals surface area contributed by atoms with Crippen LogP contribution in [0.2, 0.25) is 0 Å². The number of aromatic nitrogens is 2. The van der Waals surface area contributed by atoms with Gasteiger partial charge >= 0.3 is 0 Å². The van der Waals surface area contributed by atoms with E-state index in [0.29, 0.717) is 6.54 Å². The molecule has 1 heterocycles. The zero-order valence-electron chi connectivity index (χ0n) is 9.25. The van der Waals surface area contributed by atoms with Gasteiger partial charge in [0, 0.05) is 25.4 Å². The molecular weight excluding hydrogens is 174 g/mol. The van der Waals surface area contributed by atoms with Gasteiger partial charge in [-0.25, -0.2) is 0 Å². The third-order valence-corrected chi connectivity index (χ3v) is 2.35. The van der Waals surface area contributed by atoms with Crippen molar-refractivity contribution in [2.75, 3.05) is 6.54 Å². The van der Waals surface area contributed by atoms with Gasteiger partial charge in [-0.2, -0.15) is 5.10 Å². The molecule has 0 unspecified atom stereocenters. The Hall–Kier alpha value is -1.09. The topological polar surface area (TPSA) is 43.8 Å². The standard InChI is InChI=1S/C11H19N3/c1-4-9(7-12)6-10-8-14(3)13-11(10)5-2/h6,8H,4-5,7,12H2,1-3H3. The van der Waals surface area contributed by atoms with Crippen LogP contribution in [-0.4, -0.2) is 16.3 Å². The molecule has 0 amide bonds. The van der Waals surface area contributed by atoms with Crippen LogP contribution in [-0.2, 0) is 13.5 Å². The highest BCUT2D eigenvalue weighted by Gasteiger charge is 2.03. The van der Waals surface area contributed by atoms with Gasteiger partial charge in [0.2, 0.25) is 0 Å². The molecule has 14 heavy (non-hydrogen) atoms. The van der Waals surface area contributed by atoms with Crippen LogP contribution < -0.4 is 5.73 Å². The van der Waals surface area contributed by atoms with E-state index >= 15 is 0 Å². The fraction of sp³-hybridized carbons (Fsp3) is 0.545. The van der Waals surface area contributed by atoms with E-state index in [4.69, 9.17) is 5.73 Å². The Bertz CT molecular complexity index is 317. The van der Waals surface area contributed by atoms with E-state index in [2.05, 4.69) is 25.0 Å². The summed E-state index contributed by atoms with van der Waals surface area (Å²) < 4.78 is 1.86. The molecule has 0 spiro atoms. The average molecular weight is 193 g/mol. The summed E-state index contributed by atoms with van der Waals surface area (Å²) in [6, 6.07) is 0. The molecule has 78 valence electrons. The Labute approximate surface area is 85.6 Å². The average Bonchev–Trinajstić information content (AvgIpc) is 2.55. The third-order valence-electron chi connectivity index (χ3n) is 2.35. The van der Waals surface area contributed by atoms with E-state index in [9.17, 15) is 0 Å². The molecule has 0 radical (unpaired) electrons. The van der Waals surface area contributed by atoms with Crippen molar-refractivity contribution in [2.24, 2.45) is 12.8 Å². The van der Waals surface area contributed by atoms with Gasteiger partial charge in [0.15, 0.2) is 0 Å². The summed E-state index contributed by atoms with van der Waals surface area (Å²) >= 11 is 0. The number of hydrogen-bond donors (Lipinski definition) is 1. The Morgan fingerprint density at radius 3 is 2.79 bits per heavy atom. The molecule has 0 saturated heterocycles. The second kappa shape index (κ2) is 4.96. The van der Waals surface area contributed by atoms with Crippen LogP contribution in [0, 0.1) is 0 Å². The molecule has 0 aliphatic heterocycles. The van der Waals surface area contributed by atoms with Crippen molar-refractivity contribution in [3.05, 3.63) is 23.0 Å². The highest BCUT2D eigenvalue weighted by Crippen LogP contribution is 2.13. The summed E-state index contributed by atoms with van der Waals surface area (Å²) in [4.78, 5) is 0. The molecule has 2 N–H and O–H groups in total. The van der Waals surface area contributed by atoms with Crippen molar-refractivity contribution in [1.82, 2.24) is 9.78 Å². The van der Waals surface area contributed by atoms with Crippen LogP contribution in [0.25, 0.3) is 6.08 Å². The molecule has 3 heteroatoms. The van der Waals surface area contributed by atoms with Gasteiger partial charge in [-0.3, -0.25) is 4.68 Å². The first kappa shape index (κ1) is 11.0. The van der Waals surface area contributed by atoms with Crippen LogP contribution in [0.5, 0.6) is 0 Å². The van der Waals surface area contributed by atoms with Gasteiger partial charge in [-0.15, -0.1) is 0 Å². The maximum Gasteiger partial charge on any atom is 0.0694 e. The van der Waals surface area contributed by atoms with E-state index in [0.717, 1.165) is 18.5 Å². The lowest BCUT2D eigenvalue weighted by atomic mass is 10.1. The Balaban J connectivity index is 2.99. The summed E-state index contributed by atoms with van der Waals surface area (Å²) in [6.07, 6.45) is 6.18. The predicted molar refractivity (Wildman–Crippen MR) is 59.9 cm³/mol. The van der Waals surface area contributed by atoms with Crippen molar-refractivity contribution < 1.29 is 0 Å². The summed E-state index contributed by atoms with van der Waals surface area (Å²) in [6.45, 7) is 4.88. The number of rotatable bonds is 4. The first-order chi connectivity index (χ1) is 6.71. The number of nitrogens with two attached hydrogens (primary N) is 1. The van der Waals surface area contributed by atoms with Crippen molar-refractivity contribution in [2.45, 2.75) is 26.7 Å². The predicted octanol–water partition coefficient (Wildman–Crippen LogP) is 1.73. The maximum atomic E-state index is 5.63. The van der Waals surface area contributed by atoms with Crippen LogP contribution in [0.4, 0.5) is 0 Å². The van der Waals surface area contributed by atoms with E-state index < -0.39 is 0 Å². The molecule has 0 aromatic carbocycles. The largest absolute Gasteiger partial charge is 0.327 e. The minimum Gasteiger partial charge on any atom is -0.327 e. The molecule has 1 aromatic heterocycles. The first-order valence-corrected chi connectivity index (χ1v) is 5.13. The molecule has 0 aliphatic rings. The Morgan fingerprint density at radius 2 is 2.29 bits per heavy atom. The molecule has 0 bridgehead atoms. The molecule has 0 saturated carbocycles.